The van der Waals surface area contributed by atoms with Crippen molar-refractivity contribution in [3.63, 3.8) is 0 Å². The molecule has 0 spiro atoms. The quantitative estimate of drug-likeness (QED) is 0.257. The molecule has 9 heteroatoms. The molecule has 0 bridgehead atoms. The molecular weight excluding hydrogens is 521 g/mol. The van der Waals surface area contributed by atoms with Crippen LogP contribution in [0.2, 0.25) is 0 Å². The van der Waals surface area contributed by atoms with Crippen molar-refractivity contribution in [3.8, 4) is 11.3 Å². The minimum Gasteiger partial charge on any atom is -0.466 e. The predicted octanol–water partition coefficient (Wildman–Crippen LogP) is 7.40. The third kappa shape index (κ3) is 6.13. The normalized spacial score (nSPS) is 16.6. The zero-order chi connectivity index (χ0) is 29.0. The Hall–Kier alpha value is -3.88. The average molecular weight is 555 g/mol. The van der Waals surface area contributed by atoms with Crippen molar-refractivity contribution < 1.29 is 32.2 Å². The summed E-state index contributed by atoms with van der Waals surface area (Å²) in [6.07, 6.45) is -3.26. The van der Waals surface area contributed by atoms with E-state index in [0.29, 0.717) is 23.6 Å². The number of aromatic nitrogens is 1. The number of nitrogens with zero attached hydrogens (tertiary/aromatic N) is 2. The van der Waals surface area contributed by atoms with Gasteiger partial charge in [-0.3, -0.25) is 9.78 Å². The van der Waals surface area contributed by atoms with Crippen molar-refractivity contribution in [3.05, 3.63) is 77.5 Å². The first kappa shape index (κ1) is 29.1. The minimum absolute atomic E-state index is 0.0940. The van der Waals surface area contributed by atoms with Gasteiger partial charge in [0.05, 0.1) is 24.5 Å². The second-order valence-corrected chi connectivity index (χ2v) is 9.97. The lowest BCUT2D eigenvalue weighted by Crippen LogP contribution is -2.39. The van der Waals surface area contributed by atoms with Gasteiger partial charge >= 0.3 is 18.1 Å². The van der Waals surface area contributed by atoms with Gasteiger partial charge in [-0.05, 0) is 73.7 Å². The molecule has 2 atom stereocenters. The molecule has 0 fully saturated rings. The van der Waals surface area contributed by atoms with E-state index in [2.05, 4.69) is 18.8 Å². The summed E-state index contributed by atoms with van der Waals surface area (Å²) in [5.74, 6) is -0.892. The number of rotatable bonds is 9. The molecule has 0 saturated heterocycles. The Morgan fingerprint density at radius 2 is 1.68 bits per heavy atom. The number of ether oxygens (including phenoxy) is 2. The maximum absolute atomic E-state index is 13.4. The van der Waals surface area contributed by atoms with Crippen LogP contribution in [0.4, 0.5) is 24.5 Å². The van der Waals surface area contributed by atoms with Crippen molar-refractivity contribution in [2.45, 2.75) is 64.6 Å². The van der Waals surface area contributed by atoms with Crippen LogP contribution >= 0.6 is 0 Å². The van der Waals surface area contributed by atoms with Crippen LogP contribution in [-0.4, -0.2) is 36.2 Å². The molecule has 0 amide bonds. The summed E-state index contributed by atoms with van der Waals surface area (Å²) in [4.78, 5) is 31.7. The maximum atomic E-state index is 13.4. The zero-order valence-corrected chi connectivity index (χ0v) is 23.0. The van der Waals surface area contributed by atoms with E-state index in [0.717, 1.165) is 34.8 Å². The first-order valence-corrected chi connectivity index (χ1v) is 13.4. The van der Waals surface area contributed by atoms with Crippen molar-refractivity contribution in [2.24, 2.45) is 0 Å². The Labute approximate surface area is 232 Å². The second kappa shape index (κ2) is 12.1. The van der Waals surface area contributed by atoms with Crippen LogP contribution < -0.4 is 4.90 Å². The Kier molecular flexibility index (Phi) is 8.81. The van der Waals surface area contributed by atoms with Crippen LogP contribution in [0.15, 0.2) is 60.8 Å². The average Bonchev–Trinajstić information content (AvgIpc) is 3.25. The van der Waals surface area contributed by atoms with Crippen molar-refractivity contribution in [1.82, 2.24) is 4.98 Å². The molecule has 3 aromatic rings. The standard InChI is InChI=1S/C31H33F3N2O4/c1-5-39-28(37)16-13-24-25-17-21(26-14-10-22(18-35-26)31(32,33)34)9-15-27(25)36(29(24)30(38)40-6-2)23-11-7-20(8-12-23)19(3)4/h7-12,14-15,17-19,24,29H,5-6,13,16H2,1-4H3. The van der Waals surface area contributed by atoms with Crippen molar-refractivity contribution in [1.29, 1.82) is 0 Å². The van der Waals surface area contributed by atoms with Crippen LogP contribution in [-0.2, 0) is 25.2 Å². The van der Waals surface area contributed by atoms with Gasteiger partial charge in [-0.1, -0.05) is 32.0 Å². The summed E-state index contributed by atoms with van der Waals surface area (Å²) in [6, 6.07) is 15.0. The Bertz CT molecular complexity index is 1340. The molecule has 2 unspecified atom stereocenters. The number of halogens is 3. The number of hydrogen-bond donors (Lipinski definition) is 0. The highest BCUT2D eigenvalue weighted by molar-refractivity contribution is 5.90. The van der Waals surface area contributed by atoms with Gasteiger partial charge in [0.2, 0.25) is 0 Å². The summed E-state index contributed by atoms with van der Waals surface area (Å²) in [6.45, 7) is 8.12. The number of fused-ring (bicyclic) bond motifs is 1. The van der Waals surface area contributed by atoms with E-state index < -0.39 is 29.7 Å². The molecule has 1 aliphatic rings. The highest BCUT2D eigenvalue weighted by Crippen LogP contribution is 2.49. The monoisotopic (exact) mass is 554 g/mol. The number of pyridine rings is 1. The molecule has 40 heavy (non-hydrogen) atoms. The fraction of sp³-hybridized carbons (Fsp3) is 0.387. The van der Waals surface area contributed by atoms with Crippen molar-refractivity contribution in [2.75, 3.05) is 18.1 Å². The highest BCUT2D eigenvalue weighted by atomic mass is 19.4. The smallest absolute Gasteiger partial charge is 0.417 e. The van der Waals surface area contributed by atoms with Crippen LogP contribution in [0.3, 0.4) is 0 Å². The Morgan fingerprint density at radius 1 is 0.975 bits per heavy atom. The van der Waals surface area contributed by atoms with Gasteiger partial charge in [0, 0.05) is 35.5 Å². The molecule has 2 heterocycles. The molecule has 6 nitrogen and oxygen atoms in total. The van der Waals surface area contributed by atoms with E-state index in [1.165, 1.54) is 6.07 Å². The molecule has 0 radical (unpaired) electrons. The summed E-state index contributed by atoms with van der Waals surface area (Å²) in [5, 5.41) is 0. The van der Waals surface area contributed by atoms with Gasteiger partial charge in [0.1, 0.15) is 6.04 Å². The second-order valence-electron chi connectivity index (χ2n) is 9.97. The van der Waals surface area contributed by atoms with E-state index in [9.17, 15) is 22.8 Å². The van der Waals surface area contributed by atoms with Gasteiger partial charge in [-0.2, -0.15) is 13.2 Å². The lowest BCUT2D eigenvalue weighted by atomic mass is 9.89. The van der Waals surface area contributed by atoms with E-state index in [1.807, 2.05) is 41.3 Å². The Morgan fingerprint density at radius 3 is 2.25 bits per heavy atom. The van der Waals surface area contributed by atoms with E-state index >= 15 is 0 Å². The van der Waals surface area contributed by atoms with E-state index in [4.69, 9.17) is 9.47 Å². The fourth-order valence-corrected chi connectivity index (χ4v) is 5.10. The molecule has 0 saturated carbocycles. The summed E-state index contributed by atoms with van der Waals surface area (Å²) in [7, 11) is 0. The van der Waals surface area contributed by atoms with Crippen LogP contribution in [0.5, 0.6) is 0 Å². The van der Waals surface area contributed by atoms with Crippen LogP contribution in [0.1, 0.15) is 69.1 Å². The van der Waals surface area contributed by atoms with Gasteiger partial charge < -0.3 is 14.4 Å². The third-order valence-corrected chi connectivity index (χ3v) is 7.06. The summed E-state index contributed by atoms with van der Waals surface area (Å²) >= 11 is 0. The van der Waals surface area contributed by atoms with E-state index in [-0.39, 0.29) is 25.6 Å². The van der Waals surface area contributed by atoms with Crippen LogP contribution in [0.25, 0.3) is 11.3 Å². The maximum Gasteiger partial charge on any atom is 0.417 e. The molecule has 212 valence electrons. The number of carbonyl (C=O) groups is 2. The predicted molar refractivity (Wildman–Crippen MR) is 146 cm³/mol. The molecule has 1 aliphatic heterocycles. The molecule has 0 N–H and O–H groups in total. The summed E-state index contributed by atoms with van der Waals surface area (Å²) < 4.78 is 49.9. The molecule has 2 aromatic carbocycles. The zero-order valence-electron chi connectivity index (χ0n) is 23.0. The summed E-state index contributed by atoms with van der Waals surface area (Å²) in [5.41, 5.74) is 3.64. The fourth-order valence-electron chi connectivity index (χ4n) is 5.10. The Balaban J connectivity index is 1.81. The molecule has 0 aliphatic carbocycles. The molecule has 4 rings (SSSR count). The first-order valence-electron chi connectivity index (χ1n) is 13.4. The molecule has 1 aromatic heterocycles. The lowest BCUT2D eigenvalue weighted by molar-refractivity contribution is -0.146. The highest BCUT2D eigenvalue weighted by Gasteiger charge is 2.45. The van der Waals surface area contributed by atoms with Crippen molar-refractivity contribution >= 4 is 23.3 Å². The number of esters is 2. The minimum atomic E-state index is -4.49. The largest absolute Gasteiger partial charge is 0.466 e. The van der Waals surface area contributed by atoms with Gasteiger partial charge in [0.25, 0.3) is 0 Å². The first-order chi connectivity index (χ1) is 19.0. The van der Waals surface area contributed by atoms with Gasteiger partial charge in [-0.25, -0.2) is 4.79 Å². The van der Waals surface area contributed by atoms with Gasteiger partial charge in [-0.15, -0.1) is 0 Å². The van der Waals surface area contributed by atoms with Crippen LogP contribution in [0, 0.1) is 0 Å². The topological polar surface area (TPSA) is 68.7 Å². The van der Waals surface area contributed by atoms with E-state index in [1.54, 1.807) is 19.9 Å². The number of anilines is 2. The SMILES string of the molecule is CCOC(=O)CCC1c2cc(-c3ccc(C(F)(F)F)cn3)ccc2N(c2ccc(C(C)C)cc2)C1C(=O)OCC. The molecular formula is C31H33F3N2O4. The number of alkyl halides is 3. The lowest BCUT2D eigenvalue weighted by Gasteiger charge is -2.29. The number of carbonyl (C=O) groups excluding carboxylic acids is 2. The number of benzene rings is 2. The third-order valence-electron chi connectivity index (χ3n) is 7.06. The van der Waals surface area contributed by atoms with Gasteiger partial charge in [0.15, 0.2) is 0 Å². The number of hydrogen-bond acceptors (Lipinski definition) is 6.